The van der Waals surface area contributed by atoms with Crippen LogP contribution in [0.2, 0.25) is 0 Å². The van der Waals surface area contributed by atoms with Crippen molar-refractivity contribution in [1.82, 2.24) is 5.32 Å². The van der Waals surface area contributed by atoms with Gasteiger partial charge < -0.3 is 14.5 Å². The second-order valence-corrected chi connectivity index (χ2v) is 4.59. The average Bonchev–Trinajstić information content (AvgIpc) is 3.04. The highest BCUT2D eigenvalue weighted by molar-refractivity contribution is 5.91. The molecule has 4 heteroatoms. The summed E-state index contributed by atoms with van der Waals surface area (Å²) in [6.45, 7) is 2.03. The molecule has 0 aliphatic carbocycles. The van der Waals surface area contributed by atoms with Crippen LogP contribution in [0.25, 0.3) is 6.08 Å². The molecule has 1 heterocycles. The zero-order valence-electron chi connectivity index (χ0n) is 12.2. The molecule has 0 aliphatic heterocycles. The van der Waals surface area contributed by atoms with Gasteiger partial charge >= 0.3 is 0 Å². The van der Waals surface area contributed by atoms with E-state index >= 15 is 0 Å². The molecule has 0 spiro atoms. The Balaban J connectivity index is 1.99. The highest BCUT2D eigenvalue weighted by Crippen LogP contribution is 2.20. The van der Waals surface area contributed by atoms with Crippen molar-refractivity contribution in [3.05, 3.63) is 60.1 Å². The van der Waals surface area contributed by atoms with Crippen molar-refractivity contribution in [3.8, 4) is 5.75 Å². The topological polar surface area (TPSA) is 51.5 Å². The maximum atomic E-state index is 11.9. The van der Waals surface area contributed by atoms with Crippen LogP contribution < -0.4 is 10.1 Å². The average molecular weight is 285 g/mol. The Morgan fingerprint density at radius 3 is 2.67 bits per heavy atom. The number of carbonyl (C=O) groups is 1. The summed E-state index contributed by atoms with van der Waals surface area (Å²) < 4.78 is 10.3. The molecule has 0 saturated heterocycles. The minimum Gasteiger partial charge on any atom is -0.497 e. The number of nitrogens with one attached hydrogen (secondary N) is 1. The molecule has 1 aromatic heterocycles. The number of benzene rings is 1. The molecule has 21 heavy (non-hydrogen) atoms. The smallest absolute Gasteiger partial charge is 0.244 e. The molecule has 1 N–H and O–H groups in total. The summed E-state index contributed by atoms with van der Waals surface area (Å²) in [5, 5.41) is 2.97. The Labute approximate surface area is 124 Å². The van der Waals surface area contributed by atoms with E-state index in [0.717, 1.165) is 17.7 Å². The molecule has 1 atom stereocenters. The van der Waals surface area contributed by atoms with Gasteiger partial charge in [0.05, 0.1) is 19.4 Å². The van der Waals surface area contributed by atoms with Crippen molar-refractivity contribution in [2.75, 3.05) is 7.11 Å². The van der Waals surface area contributed by atoms with Crippen LogP contribution in [-0.2, 0) is 4.79 Å². The second-order valence-electron chi connectivity index (χ2n) is 4.59. The van der Waals surface area contributed by atoms with Crippen molar-refractivity contribution in [2.24, 2.45) is 0 Å². The third kappa shape index (κ3) is 4.24. The summed E-state index contributed by atoms with van der Waals surface area (Å²) in [4.78, 5) is 11.9. The fourth-order valence-corrected chi connectivity index (χ4v) is 2.02. The molecular formula is C17H19NO3. The lowest BCUT2D eigenvalue weighted by atomic mass is 10.0. The third-order valence-corrected chi connectivity index (χ3v) is 3.19. The highest BCUT2D eigenvalue weighted by Gasteiger charge is 2.11. The minimum atomic E-state index is -0.144. The van der Waals surface area contributed by atoms with Crippen molar-refractivity contribution in [3.63, 3.8) is 0 Å². The molecule has 0 radical (unpaired) electrons. The van der Waals surface area contributed by atoms with Gasteiger partial charge in [-0.2, -0.15) is 0 Å². The molecule has 1 aromatic carbocycles. The molecule has 0 saturated carbocycles. The molecular weight excluding hydrogens is 266 g/mol. The first-order valence-electron chi connectivity index (χ1n) is 6.89. The van der Waals surface area contributed by atoms with Crippen molar-refractivity contribution in [2.45, 2.75) is 19.4 Å². The monoisotopic (exact) mass is 285 g/mol. The van der Waals surface area contributed by atoms with Crippen LogP contribution in [0.4, 0.5) is 0 Å². The van der Waals surface area contributed by atoms with E-state index in [1.54, 1.807) is 31.6 Å². The van der Waals surface area contributed by atoms with E-state index in [1.165, 1.54) is 6.08 Å². The molecule has 4 nitrogen and oxygen atoms in total. The fourth-order valence-electron chi connectivity index (χ4n) is 2.02. The summed E-state index contributed by atoms with van der Waals surface area (Å²) >= 11 is 0. The van der Waals surface area contributed by atoms with Gasteiger partial charge in [0.2, 0.25) is 5.91 Å². The standard InChI is InChI=1S/C17H19NO3/c1-3-16(13-6-8-14(20-2)9-7-13)18-17(19)11-10-15-5-4-12-21-15/h4-12,16H,3H2,1-2H3,(H,18,19)/b11-10+/t16-/m0/s1. The largest absolute Gasteiger partial charge is 0.497 e. The van der Waals surface area contributed by atoms with E-state index in [1.807, 2.05) is 31.2 Å². The Kier molecular flexibility index (Phi) is 5.21. The van der Waals surface area contributed by atoms with Crippen LogP contribution in [0, 0.1) is 0 Å². The first kappa shape index (κ1) is 14.9. The number of hydrogen-bond acceptors (Lipinski definition) is 3. The number of amides is 1. The summed E-state index contributed by atoms with van der Waals surface area (Å²) in [6.07, 6.45) is 5.51. The van der Waals surface area contributed by atoms with E-state index in [4.69, 9.17) is 9.15 Å². The van der Waals surface area contributed by atoms with Gasteiger partial charge in [-0.25, -0.2) is 0 Å². The summed E-state index contributed by atoms with van der Waals surface area (Å²) in [5.41, 5.74) is 1.05. The Bertz CT molecular complexity index is 585. The molecule has 0 fully saturated rings. The summed E-state index contributed by atoms with van der Waals surface area (Å²) in [7, 11) is 1.63. The molecule has 0 unspecified atom stereocenters. The highest BCUT2D eigenvalue weighted by atomic mass is 16.5. The Hall–Kier alpha value is -2.49. The lowest BCUT2D eigenvalue weighted by Crippen LogP contribution is -2.26. The van der Waals surface area contributed by atoms with Gasteiger partial charge in [0.1, 0.15) is 11.5 Å². The number of carbonyl (C=O) groups excluding carboxylic acids is 1. The van der Waals surface area contributed by atoms with Gasteiger partial charge in [-0.05, 0) is 42.3 Å². The maximum Gasteiger partial charge on any atom is 0.244 e. The van der Waals surface area contributed by atoms with E-state index in [-0.39, 0.29) is 11.9 Å². The molecule has 1 amide bonds. The maximum absolute atomic E-state index is 11.9. The third-order valence-electron chi connectivity index (χ3n) is 3.19. The Morgan fingerprint density at radius 2 is 2.10 bits per heavy atom. The molecule has 0 aliphatic rings. The lowest BCUT2D eigenvalue weighted by Gasteiger charge is -2.16. The number of methoxy groups -OCH3 is 1. The number of hydrogen-bond donors (Lipinski definition) is 1. The van der Waals surface area contributed by atoms with Gasteiger partial charge in [0.25, 0.3) is 0 Å². The van der Waals surface area contributed by atoms with Crippen LogP contribution in [-0.4, -0.2) is 13.0 Å². The predicted molar refractivity (Wildman–Crippen MR) is 81.9 cm³/mol. The number of ether oxygens (including phenoxy) is 1. The van der Waals surface area contributed by atoms with Gasteiger partial charge in [-0.15, -0.1) is 0 Å². The quantitative estimate of drug-likeness (QED) is 0.825. The summed E-state index contributed by atoms with van der Waals surface area (Å²) in [5.74, 6) is 1.31. The first-order chi connectivity index (χ1) is 10.2. The van der Waals surface area contributed by atoms with Crippen molar-refractivity contribution >= 4 is 12.0 Å². The van der Waals surface area contributed by atoms with Crippen LogP contribution in [0.1, 0.15) is 30.7 Å². The lowest BCUT2D eigenvalue weighted by molar-refractivity contribution is -0.117. The van der Waals surface area contributed by atoms with Crippen LogP contribution in [0.3, 0.4) is 0 Å². The Morgan fingerprint density at radius 1 is 1.33 bits per heavy atom. The van der Waals surface area contributed by atoms with E-state index < -0.39 is 0 Å². The van der Waals surface area contributed by atoms with Crippen LogP contribution in [0.15, 0.2) is 53.2 Å². The van der Waals surface area contributed by atoms with Crippen LogP contribution >= 0.6 is 0 Å². The SMILES string of the molecule is CC[C@H](NC(=O)/C=C/c1ccco1)c1ccc(OC)cc1. The first-order valence-corrected chi connectivity index (χ1v) is 6.89. The molecule has 2 rings (SSSR count). The normalized spacial score (nSPS) is 12.3. The zero-order valence-corrected chi connectivity index (χ0v) is 12.2. The summed E-state index contributed by atoms with van der Waals surface area (Å²) in [6, 6.07) is 11.3. The number of rotatable bonds is 6. The number of furan rings is 1. The molecule has 110 valence electrons. The van der Waals surface area contributed by atoms with Gasteiger partial charge in [-0.1, -0.05) is 19.1 Å². The minimum absolute atomic E-state index is 0.0235. The van der Waals surface area contributed by atoms with E-state index in [9.17, 15) is 4.79 Å². The second kappa shape index (κ2) is 7.33. The van der Waals surface area contributed by atoms with Gasteiger partial charge in [-0.3, -0.25) is 4.79 Å². The fraction of sp³-hybridized carbons (Fsp3) is 0.235. The van der Waals surface area contributed by atoms with Gasteiger partial charge in [0, 0.05) is 6.08 Å². The van der Waals surface area contributed by atoms with E-state index in [0.29, 0.717) is 5.76 Å². The van der Waals surface area contributed by atoms with Crippen molar-refractivity contribution < 1.29 is 13.9 Å². The van der Waals surface area contributed by atoms with Crippen LogP contribution in [0.5, 0.6) is 5.75 Å². The molecule has 0 bridgehead atoms. The molecule has 2 aromatic rings. The zero-order chi connectivity index (χ0) is 15.1. The predicted octanol–water partition coefficient (Wildman–Crippen LogP) is 3.57. The van der Waals surface area contributed by atoms with Crippen molar-refractivity contribution in [1.29, 1.82) is 0 Å². The van der Waals surface area contributed by atoms with Gasteiger partial charge in [0.15, 0.2) is 0 Å². The van der Waals surface area contributed by atoms with E-state index in [2.05, 4.69) is 5.32 Å².